The predicted molar refractivity (Wildman–Crippen MR) is 110 cm³/mol. The lowest BCUT2D eigenvalue weighted by Gasteiger charge is -2.13. The third-order valence-electron chi connectivity index (χ3n) is 4.84. The van der Waals surface area contributed by atoms with E-state index in [0.717, 1.165) is 22.6 Å². The molecule has 0 aliphatic carbocycles. The maximum Gasteiger partial charge on any atom is 0.101 e. The molecule has 0 amide bonds. The summed E-state index contributed by atoms with van der Waals surface area (Å²) < 4.78 is 2.25. The van der Waals surface area contributed by atoms with Crippen molar-refractivity contribution in [2.45, 2.75) is 13.8 Å². The summed E-state index contributed by atoms with van der Waals surface area (Å²) in [7, 11) is 0. The molecule has 130 valence electrons. The Labute approximate surface area is 158 Å². The standard InChI is InChI=1S/C24H19N3/c1-17-14-20(15-21(16-25)23-11-5-6-13-26-23)18(2)27(17)24-12-7-9-19-8-3-4-10-22(19)24/h3-15H,1-2H3/b21-15+. The van der Waals surface area contributed by atoms with Gasteiger partial charge in [-0.25, -0.2) is 0 Å². The van der Waals surface area contributed by atoms with Gasteiger partial charge in [-0.3, -0.25) is 4.98 Å². The van der Waals surface area contributed by atoms with Gasteiger partial charge in [0.2, 0.25) is 0 Å². The zero-order valence-electron chi connectivity index (χ0n) is 15.3. The molecule has 0 aliphatic rings. The van der Waals surface area contributed by atoms with E-state index in [4.69, 9.17) is 0 Å². The van der Waals surface area contributed by atoms with Gasteiger partial charge in [0.05, 0.1) is 17.0 Å². The van der Waals surface area contributed by atoms with Crippen LogP contribution in [0.3, 0.4) is 0 Å². The average Bonchev–Trinajstić information content (AvgIpc) is 2.99. The van der Waals surface area contributed by atoms with Crippen molar-refractivity contribution in [1.82, 2.24) is 9.55 Å². The number of hydrogen-bond donors (Lipinski definition) is 0. The number of nitriles is 1. The van der Waals surface area contributed by atoms with E-state index in [0.29, 0.717) is 11.3 Å². The van der Waals surface area contributed by atoms with Gasteiger partial charge in [0.15, 0.2) is 0 Å². The maximum atomic E-state index is 9.60. The number of aromatic nitrogens is 2. The van der Waals surface area contributed by atoms with Gasteiger partial charge in [-0.15, -0.1) is 0 Å². The smallest absolute Gasteiger partial charge is 0.101 e. The molecule has 0 saturated heterocycles. The fourth-order valence-electron chi connectivity index (χ4n) is 3.55. The molecule has 0 fully saturated rings. The van der Waals surface area contributed by atoms with Crippen molar-refractivity contribution in [2.24, 2.45) is 0 Å². The van der Waals surface area contributed by atoms with E-state index in [1.807, 2.05) is 24.3 Å². The Balaban J connectivity index is 1.88. The second kappa shape index (κ2) is 6.93. The Morgan fingerprint density at radius 1 is 1.00 bits per heavy atom. The monoisotopic (exact) mass is 349 g/mol. The van der Waals surface area contributed by atoms with Crippen molar-refractivity contribution < 1.29 is 0 Å². The molecule has 4 rings (SSSR count). The molecule has 3 heteroatoms. The Bertz CT molecular complexity index is 1190. The number of rotatable bonds is 3. The highest BCUT2D eigenvalue weighted by atomic mass is 15.0. The van der Waals surface area contributed by atoms with Gasteiger partial charge >= 0.3 is 0 Å². The minimum absolute atomic E-state index is 0.564. The SMILES string of the molecule is Cc1cc(/C=C(\C#N)c2ccccn2)c(C)n1-c1cccc2ccccc12. The first-order valence-corrected chi connectivity index (χ1v) is 8.89. The average molecular weight is 349 g/mol. The van der Waals surface area contributed by atoms with Crippen LogP contribution in [0.1, 0.15) is 22.6 Å². The molecular formula is C24H19N3. The van der Waals surface area contributed by atoms with Crippen LogP contribution in [0.25, 0.3) is 28.1 Å². The molecule has 4 aromatic rings. The van der Waals surface area contributed by atoms with Crippen LogP contribution in [-0.2, 0) is 0 Å². The summed E-state index contributed by atoms with van der Waals surface area (Å²) >= 11 is 0. The van der Waals surface area contributed by atoms with E-state index in [1.54, 1.807) is 6.20 Å². The third-order valence-corrected chi connectivity index (χ3v) is 4.84. The van der Waals surface area contributed by atoms with Crippen molar-refractivity contribution in [2.75, 3.05) is 0 Å². The van der Waals surface area contributed by atoms with Crippen molar-refractivity contribution in [3.05, 3.63) is 95.6 Å². The van der Waals surface area contributed by atoms with Gasteiger partial charge in [-0.05, 0) is 55.1 Å². The topological polar surface area (TPSA) is 41.6 Å². The largest absolute Gasteiger partial charge is 0.317 e. The number of allylic oxidation sites excluding steroid dienone is 1. The summed E-state index contributed by atoms with van der Waals surface area (Å²) in [6.45, 7) is 4.19. The van der Waals surface area contributed by atoms with Gasteiger partial charge in [0, 0.05) is 23.0 Å². The first-order valence-electron chi connectivity index (χ1n) is 8.89. The zero-order valence-corrected chi connectivity index (χ0v) is 15.3. The lowest BCUT2D eigenvalue weighted by molar-refractivity contribution is 0.973. The predicted octanol–water partition coefficient (Wildman–Crippen LogP) is 5.71. The van der Waals surface area contributed by atoms with Crippen molar-refractivity contribution in [1.29, 1.82) is 5.26 Å². The number of aryl methyl sites for hydroxylation is 1. The molecule has 2 aromatic heterocycles. The first-order chi connectivity index (χ1) is 13.2. The number of pyridine rings is 1. The second-order valence-corrected chi connectivity index (χ2v) is 6.54. The molecule has 3 nitrogen and oxygen atoms in total. The molecule has 0 radical (unpaired) electrons. The third kappa shape index (κ3) is 3.02. The van der Waals surface area contributed by atoms with Gasteiger partial charge in [0.25, 0.3) is 0 Å². The van der Waals surface area contributed by atoms with Crippen LogP contribution in [0.5, 0.6) is 0 Å². The minimum atomic E-state index is 0.564. The van der Waals surface area contributed by atoms with Crippen LogP contribution >= 0.6 is 0 Å². The minimum Gasteiger partial charge on any atom is -0.317 e. The highest BCUT2D eigenvalue weighted by Gasteiger charge is 2.13. The fourth-order valence-corrected chi connectivity index (χ4v) is 3.55. The van der Waals surface area contributed by atoms with Gasteiger partial charge in [-0.1, -0.05) is 42.5 Å². The van der Waals surface area contributed by atoms with Crippen LogP contribution < -0.4 is 0 Å². The molecule has 27 heavy (non-hydrogen) atoms. The summed E-state index contributed by atoms with van der Waals surface area (Å²) in [5.41, 5.74) is 5.67. The molecule has 0 atom stereocenters. The molecule has 0 bridgehead atoms. The van der Waals surface area contributed by atoms with Crippen molar-refractivity contribution in [3.8, 4) is 11.8 Å². The summed E-state index contributed by atoms with van der Waals surface area (Å²) in [5.74, 6) is 0. The number of hydrogen-bond acceptors (Lipinski definition) is 2. The van der Waals surface area contributed by atoms with Gasteiger partial charge < -0.3 is 4.57 Å². The molecule has 0 unspecified atom stereocenters. The number of benzene rings is 2. The summed E-state index contributed by atoms with van der Waals surface area (Å²) in [6.07, 6.45) is 3.63. The molecule has 2 aromatic carbocycles. The van der Waals surface area contributed by atoms with Crippen LogP contribution in [0.4, 0.5) is 0 Å². The van der Waals surface area contributed by atoms with E-state index in [1.165, 1.54) is 10.8 Å². The van der Waals surface area contributed by atoms with Crippen LogP contribution in [-0.4, -0.2) is 9.55 Å². The first kappa shape index (κ1) is 16.8. The quantitative estimate of drug-likeness (QED) is 0.445. The Hall–Kier alpha value is -3.64. The Morgan fingerprint density at radius 3 is 2.56 bits per heavy atom. The Morgan fingerprint density at radius 2 is 1.78 bits per heavy atom. The Kier molecular flexibility index (Phi) is 4.32. The lowest BCUT2D eigenvalue weighted by Crippen LogP contribution is -2.00. The van der Waals surface area contributed by atoms with Crippen molar-refractivity contribution >= 4 is 22.4 Å². The summed E-state index contributed by atoms with van der Waals surface area (Å²) in [4.78, 5) is 4.31. The van der Waals surface area contributed by atoms with Crippen LogP contribution in [0.15, 0.2) is 72.9 Å². The second-order valence-electron chi connectivity index (χ2n) is 6.54. The lowest BCUT2D eigenvalue weighted by atomic mass is 10.1. The van der Waals surface area contributed by atoms with E-state index in [2.05, 4.69) is 78.0 Å². The summed E-state index contributed by atoms with van der Waals surface area (Å²) in [5, 5.41) is 12.0. The van der Waals surface area contributed by atoms with Gasteiger partial charge in [0.1, 0.15) is 6.07 Å². The molecule has 0 N–H and O–H groups in total. The van der Waals surface area contributed by atoms with Crippen LogP contribution in [0, 0.1) is 25.2 Å². The maximum absolute atomic E-state index is 9.60. The summed E-state index contributed by atoms with van der Waals surface area (Å²) in [6, 6.07) is 24.8. The van der Waals surface area contributed by atoms with Crippen molar-refractivity contribution in [3.63, 3.8) is 0 Å². The molecular weight excluding hydrogens is 330 g/mol. The molecule has 2 heterocycles. The van der Waals surface area contributed by atoms with E-state index >= 15 is 0 Å². The highest BCUT2D eigenvalue weighted by molar-refractivity contribution is 5.92. The number of nitrogens with zero attached hydrogens (tertiary/aromatic N) is 3. The molecule has 0 aliphatic heterocycles. The van der Waals surface area contributed by atoms with Gasteiger partial charge in [-0.2, -0.15) is 5.26 Å². The van der Waals surface area contributed by atoms with E-state index in [9.17, 15) is 5.26 Å². The molecule has 0 saturated carbocycles. The fraction of sp³-hybridized carbons (Fsp3) is 0.0833. The molecule has 0 spiro atoms. The van der Waals surface area contributed by atoms with Crippen LogP contribution in [0.2, 0.25) is 0 Å². The highest BCUT2D eigenvalue weighted by Crippen LogP contribution is 2.29. The number of fused-ring (bicyclic) bond motifs is 1. The normalized spacial score (nSPS) is 11.5. The zero-order chi connectivity index (χ0) is 18.8. The van der Waals surface area contributed by atoms with E-state index < -0.39 is 0 Å². The van der Waals surface area contributed by atoms with E-state index in [-0.39, 0.29) is 0 Å².